The van der Waals surface area contributed by atoms with E-state index in [4.69, 9.17) is 13.8 Å². The Bertz CT molecular complexity index is 1200. The lowest BCUT2D eigenvalue weighted by Crippen LogP contribution is -2.33. The lowest BCUT2D eigenvalue weighted by molar-refractivity contribution is -0.384. The topological polar surface area (TPSA) is 129 Å². The van der Waals surface area contributed by atoms with Gasteiger partial charge in [-0.2, -0.15) is 0 Å². The third-order valence-electron chi connectivity index (χ3n) is 6.98. The van der Waals surface area contributed by atoms with E-state index in [0.29, 0.717) is 18.4 Å². The van der Waals surface area contributed by atoms with Crippen molar-refractivity contribution in [1.82, 2.24) is 14.2 Å². The molecule has 1 N–H and O–H groups in total. The summed E-state index contributed by atoms with van der Waals surface area (Å²) in [6.07, 6.45) is 4.49. The Labute approximate surface area is 203 Å². The van der Waals surface area contributed by atoms with E-state index in [1.807, 2.05) is 6.92 Å². The second-order valence-corrected chi connectivity index (χ2v) is 10.7. The number of nitrogens with one attached hydrogen (secondary N) is 1. The van der Waals surface area contributed by atoms with Gasteiger partial charge in [-0.15, -0.1) is 0 Å². The van der Waals surface area contributed by atoms with Gasteiger partial charge in [0.25, 0.3) is 19.8 Å². The zero-order valence-corrected chi connectivity index (χ0v) is 20.6. The number of nitrogens with zero attached hydrogens (tertiary/aromatic N) is 3. The Hall–Kier alpha value is -2.43. The van der Waals surface area contributed by atoms with E-state index in [9.17, 15) is 19.7 Å². The molecule has 2 aromatic rings. The van der Waals surface area contributed by atoms with E-state index in [1.165, 1.54) is 22.9 Å². The summed E-state index contributed by atoms with van der Waals surface area (Å²) >= 11 is 0. The second kappa shape index (κ2) is 9.91. The van der Waals surface area contributed by atoms with E-state index in [0.717, 1.165) is 31.4 Å². The molecule has 35 heavy (non-hydrogen) atoms. The van der Waals surface area contributed by atoms with Crippen molar-refractivity contribution in [2.45, 2.75) is 76.5 Å². The quantitative estimate of drug-likeness (QED) is 0.346. The van der Waals surface area contributed by atoms with Crippen LogP contribution in [0, 0.1) is 17.0 Å². The Morgan fingerprint density at radius 2 is 2.03 bits per heavy atom. The third kappa shape index (κ3) is 4.83. The molecular weight excluding hydrogens is 475 g/mol. The second-order valence-electron chi connectivity index (χ2n) is 9.28. The summed E-state index contributed by atoms with van der Waals surface area (Å²) < 4.78 is 22.8. The van der Waals surface area contributed by atoms with Crippen LogP contribution in [-0.2, 0) is 20.2 Å². The van der Waals surface area contributed by atoms with E-state index >= 15 is 0 Å². The highest BCUT2D eigenvalue weighted by Gasteiger charge is 2.49. The number of hydrogen-bond acceptors (Lipinski definition) is 8. The van der Waals surface area contributed by atoms with E-state index in [1.54, 1.807) is 19.1 Å². The van der Waals surface area contributed by atoms with Crippen molar-refractivity contribution in [3.05, 3.63) is 72.5 Å². The Kier molecular flexibility index (Phi) is 6.87. The van der Waals surface area contributed by atoms with Gasteiger partial charge in [0.15, 0.2) is 0 Å². The molecule has 1 aromatic carbocycles. The molecule has 1 unspecified atom stereocenters. The molecule has 0 amide bonds. The fraction of sp³-hybridized carbons (Fsp3) is 0.565. The Morgan fingerprint density at radius 1 is 1.26 bits per heavy atom. The standard InChI is InChI=1S/C23H29N4O7P/c1-3-18-20(12-21(32-18)25-13-14(2)22(28)24-23(25)29)34-35-26-10-4-5-17(26)19(33-35)11-15-6-8-16(9-7-15)27(30)31/h6-9,13,17-21H,3-5,10-12H2,1-2H3,(H,24,28,29)/t17-,18+,19+,20?,21+,35-/m0/s1. The maximum atomic E-state index is 12.4. The minimum Gasteiger partial charge on any atom is -0.352 e. The van der Waals surface area contributed by atoms with Gasteiger partial charge in [-0.25, -0.2) is 9.46 Å². The number of aromatic nitrogens is 2. The van der Waals surface area contributed by atoms with Crippen LogP contribution in [0.5, 0.6) is 0 Å². The third-order valence-corrected chi connectivity index (χ3v) is 8.80. The van der Waals surface area contributed by atoms with Crippen LogP contribution in [-0.4, -0.2) is 50.0 Å². The van der Waals surface area contributed by atoms with Crippen LogP contribution < -0.4 is 11.2 Å². The van der Waals surface area contributed by atoms with Crippen LogP contribution in [0.1, 0.15) is 50.0 Å². The Balaban J connectivity index is 1.28. The predicted octanol–water partition coefficient (Wildman–Crippen LogP) is 3.17. The fourth-order valence-electron chi connectivity index (χ4n) is 5.11. The van der Waals surface area contributed by atoms with Gasteiger partial charge in [0.1, 0.15) is 6.23 Å². The first kappa shape index (κ1) is 24.3. The first-order valence-electron chi connectivity index (χ1n) is 11.9. The molecule has 0 aliphatic carbocycles. The van der Waals surface area contributed by atoms with E-state index in [2.05, 4.69) is 9.65 Å². The lowest BCUT2D eigenvalue weighted by atomic mass is 10.0. The molecule has 3 aliphatic rings. The number of H-pyrrole nitrogens is 1. The SMILES string of the molecule is CC[C@H]1O[C@@H](n2cc(C)c(=O)[nH]c2=O)CC1O[P@]1O[C@H](Cc2ccc([N+](=O)[O-])cc2)[C@@H]2CCCN21. The van der Waals surface area contributed by atoms with Crippen LogP contribution in [0.4, 0.5) is 5.69 Å². The summed E-state index contributed by atoms with van der Waals surface area (Å²) in [5.74, 6) is 0. The van der Waals surface area contributed by atoms with Gasteiger partial charge in [0, 0.05) is 49.3 Å². The van der Waals surface area contributed by atoms with Crippen molar-refractivity contribution >= 4 is 14.2 Å². The zero-order valence-electron chi connectivity index (χ0n) is 19.7. The molecule has 4 heterocycles. The van der Waals surface area contributed by atoms with Crippen molar-refractivity contribution in [2.24, 2.45) is 0 Å². The molecule has 3 fully saturated rings. The normalized spacial score (nSPS) is 30.6. The average molecular weight is 504 g/mol. The summed E-state index contributed by atoms with van der Waals surface area (Å²) in [6, 6.07) is 6.87. The van der Waals surface area contributed by atoms with Gasteiger partial charge >= 0.3 is 5.69 Å². The number of rotatable bonds is 7. The number of aromatic amines is 1. The fourth-order valence-corrected chi connectivity index (χ4v) is 7.11. The largest absolute Gasteiger partial charge is 0.352 e. The van der Waals surface area contributed by atoms with Gasteiger partial charge in [0.05, 0.1) is 23.2 Å². The van der Waals surface area contributed by atoms with Crippen molar-refractivity contribution < 1.29 is 18.7 Å². The van der Waals surface area contributed by atoms with Crippen LogP contribution in [0.25, 0.3) is 0 Å². The molecule has 0 saturated carbocycles. The number of non-ortho nitro benzene ring substituents is 1. The maximum Gasteiger partial charge on any atom is 0.330 e. The molecule has 3 aliphatic heterocycles. The van der Waals surface area contributed by atoms with E-state index in [-0.39, 0.29) is 30.0 Å². The maximum absolute atomic E-state index is 12.4. The number of benzene rings is 1. The van der Waals surface area contributed by atoms with Crippen molar-refractivity contribution in [3.8, 4) is 0 Å². The zero-order chi connectivity index (χ0) is 24.7. The summed E-state index contributed by atoms with van der Waals surface area (Å²) in [7, 11) is -1.29. The molecule has 0 spiro atoms. The molecule has 6 atom stereocenters. The molecule has 5 rings (SSSR count). The highest BCUT2D eigenvalue weighted by molar-refractivity contribution is 7.45. The number of ether oxygens (including phenoxy) is 1. The first-order valence-corrected chi connectivity index (χ1v) is 13.1. The smallest absolute Gasteiger partial charge is 0.330 e. The molecule has 1 aromatic heterocycles. The number of hydrogen-bond donors (Lipinski definition) is 1. The van der Waals surface area contributed by atoms with Crippen molar-refractivity contribution in [1.29, 1.82) is 0 Å². The van der Waals surface area contributed by atoms with E-state index < -0.39 is 30.9 Å². The van der Waals surface area contributed by atoms with Gasteiger partial charge in [-0.1, -0.05) is 19.1 Å². The van der Waals surface area contributed by atoms with Gasteiger partial charge < -0.3 is 13.8 Å². The molecule has 0 radical (unpaired) electrons. The van der Waals surface area contributed by atoms with Crippen molar-refractivity contribution in [2.75, 3.05) is 6.54 Å². The first-order chi connectivity index (χ1) is 16.8. The minimum atomic E-state index is -1.29. The summed E-state index contributed by atoms with van der Waals surface area (Å²) in [5.41, 5.74) is 0.626. The molecule has 12 heteroatoms. The molecular formula is C23H29N4O7P. The highest BCUT2D eigenvalue weighted by atomic mass is 31.2. The highest BCUT2D eigenvalue weighted by Crippen LogP contribution is 2.58. The average Bonchev–Trinajstić information content (AvgIpc) is 3.54. The lowest BCUT2D eigenvalue weighted by Gasteiger charge is -2.25. The monoisotopic (exact) mass is 504 g/mol. The minimum absolute atomic E-state index is 0.0484. The van der Waals surface area contributed by atoms with Crippen molar-refractivity contribution in [3.63, 3.8) is 0 Å². The molecule has 188 valence electrons. The van der Waals surface area contributed by atoms with Crippen LogP contribution in [0.2, 0.25) is 0 Å². The van der Waals surface area contributed by atoms with Crippen LogP contribution >= 0.6 is 8.53 Å². The number of aryl methyl sites for hydroxylation is 1. The van der Waals surface area contributed by atoms with Crippen LogP contribution in [0.3, 0.4) is 0 Å². The molecule has 11 nitrogen and oxygen atoms in total. The summed E-state index contributed by atoms with van der Waals surface area (Å²) in [5, 5.41) is 10.9. The van der Waals surface area contributed by atoms with Crippen LogP contribution in [0.15, 0.2) is 40.1 Å². The molecule has 0 bridgehead atoms. The number of nitro benzene ring substituents is 1. The Morgan fingerprint density at radius 3 is 2.74 bits per heavy atom. The number of nitro groups is 1. The summed E-state index contributed by atoms with van der Waals surface area (Å²) in [6.45, 7) is 4.58. The molecule has 3 saturated heterocycles. The van der Waals surface area contributed by atoms with Gasteiger partial charge in [0.2, 0.25) is 0 Å². The number of fused-ring (bicyclic) bond motifs is 1. The summed E-state index contributed by atoms with van der Waals surface area (Å²) in [4.78, 5) is 37.0. The van der Waals surface area contributed by atoms with Gasteiger partial charge in [-0.3, -0.25) is 24.5 Å². The van der Waals surface area contributed by atoms with Gasteiger partial charge in [-0.05, 0) is 31.7 Å². The predicted molar refractivity (Wildman–Crippen MR) is 128 cm³/mol.